The van der Waals surface area contributed by atoms with Crippen molar-refractivity contribution < 1.29 is 23.8 Å². The highest BCUT2D eigenvalue weighted by Gasteiger charge is 2.52. The molecule has 9 nitrogen and oxygen atoms in total. The standard InChI is InChI=1S/C22H25FN4O5/c1-2-32-22(31)12-5-11(12)14-7-26(9-17(14)24)20-16(23)6-13-18(28)15(21(29)30)8-27(10-3-4-10)19(13)25-20/h6,8,10-12,14,17H,2-5,7,9,24H2,1H3,(H,29,30)/t11-,12-,14+,17-/m1/s1. The summed E-state index contributed by atoms with van der Waals surface area (Å²) >= 11 is 0. The second-order valence-corrected chi connectivity index (χ2v) is 8.97. The van der Waals surface area contributed by atoms with Gasteiger partial charge in [-0.15, -0.1) is 0 Å². The summed E-state index contributed by atoms with van der Waals surface area (Å²) in [6.07, 6.45) is 3.72. The first kappa shape index (κ1) is 20.9. The number of nitrogens with two attached hydrogens (primary N) is 1. The van der Waals surface area contributed by atoms with Crippen LogP contribution in [-0.2, 0) is 9.53 Å². The molecule has 2 aromatic heterocycles. The van der Waals surface area contributed by atoms with E-state index in [-0.39, 0.29) is 58.2 Å². The summed E-state index contributed by atoms with van der Waals surface area (Å²) in [5.74, 6) is -2.17. The van der Waals surface area contributed by atoms with E-state index in [2.05, 4.69) is 4.98 Å². The van der Waals surface area contributed by atoms with Gasteiger partial charge in [0.05, 0.1) is 17.9 Å². The summed E-state index contributed by atoms with van der Waals surface area (Å²) in [7, 11) is 0. The van der Waals surface area contributed by atoms with E-state index in [0.29, 0.717) is 19.7 Å². The zero-order chi connectivity index (χ0) is 22.7. The second kappa shape index (κ2) is 7.54. The third-order valence-corrected chi connectivity index (χ3v) is 6.80. The minimum absolute atomic E-state index is 0.0151. The van der Waals surface area contributed by atoms with E-state index < -0.39 is 17.2 Å². The first-order chi connectivity index (χ1) is 15.3. The molecule has 2 aliphatic carbocycles. The normalized spacial score (nSPS) is 27.0. The van der Waals surface area contributed by atoms with Crippen LogP contribution in [0, 0.1) is 23.6 Å². The molecule has 5 rings (SSSR count). The Balaban J connectivity index is 1.48. The molecule has 170 valence electrons. The topological polar surface area (TPSA) is 128 Å². The first-order valence-electron chi connectivity index (χ1n) is 11.0. The maximum Gasteiger partial charge on any atom is 0.341 e. The predicted octanol–water partition coefficient (Wildman–Crippen LogP) is 1.53. The van der Waals surface area contributed by atoms with Crippen molar-refractivity contribution in [2.75, 3.05) is 24.6 Å². The third kappa shape index (κ3) is 3.42. The van der Waals surface area contributed by atoms with Crippen molar-refractivity contribution in [3.63, 3.8) is 0 Å². The summed E-state index contributed by atoms with van der Waals surface area (Å²) < 4.78 is 21.9. The summed E-state index contributed by atoms with van der Waals surface area (Å²) in [4.78, 5) is 42.4. The Kier molecular flexibility index (Phi) is 4.92. The molecule has 3 heterocycles. The molecule has 0 spiro atoms. The number of hydrogen-bond donors (Lipinski definition) is 2. The van der Waals surface area contributed by atoms with Gasteiger partial charge in [0.2, 0.25) is 5.43 Å². The molecule has 0 aromatic carbocycles. The van der Waals surface area contributed by atoms with Gasteiger partial charge in [-0.3, -0.25) is 9.59 Å². The number of carboxylic acids is 1. The molecule has 3 fully saturated rings. The molecular formula is C22H25FN4O5. The predicted molar refractivity (Wildman–Crippen MR) is 113 cm³/mol. The number of fused-ring (bicyclic) bond motifs is 1. The largest absolute Gasteiger partial charge is 0.477 e. The average molecular weight is 444 g/mol. The lowest BCUT2D eigenvalue weighted by Crippen LogP contribution is -2.31. The van der Waals surface area contributed by atoms with Gasteiger partial charge in [-0.05, 0) is 44.1 Å². The van der Waals surface area contributed by atoms with Crippen LogP contribution < -0.4 is 16.1 Å². The number of rotatable bonds is 6. The zero-order valence-corrected chi connectivity index (χ0v) is 17.7. The fraction of sp³-hybridized carbons (Fsp3) is 0.545. The van der Waals surface area contributed by atoms with Crippen molar-refractivity contribution in [2.24, 2.45) is 23.5 Å². The summed E-state index contributed by atoms with van der Waals surface area (Å²) in [5.41, 5.74) is 5.50. The number of halogens is 1. The SMILES string of the molecule is CCOC(=O)[C@@H]1C[C@H]1[C@@H]1CN(c2nc3c(cc2F)c(=O)c(C(=O)O)cn3C2CC2)C[C@H]1N. The summed E-state index contributed by atoms with van der Waals surface area (Å²) in [6.45, 7) is 2.95. The monoisotopic (exact) mass is 444 g/mol. The number of aromatic carboxylic acids is 1. The van der Waals surface area contributed by atoms with Gasteiger partial charge in [0.25, 0.3) is 0 Å². The molecule has 0 radical (unpaired) electrons. The molecule has 10 heteroatoms. The molecule has 0 bridgehead atoms. The number of carbonyl (C=O) groups is 2. The zero-order valence-electron chi connectivity index (χ0n) is 17.7. The number of hydrogen-bond acceptors (Lipinski definition) is 7. The van der Waals surface area contributed by atoms with Crippen LogP contribution in [0.15, 0.2) is 17.1 Å². The van der Waals surface area contributed by atoms with Crippen molar-refractivity contribution in [3.8, 4) is 0 Å². The van der Waals surface area contributed by atoms with E-state index in [9.17, 15) is 19.5 Å². The highest BCUT2D eigenvalue weighted by molar-refractivity contribution is 5.92. The van der Waals surface area contributed by atoms with E-state index in [1.54, 1.807) is 16.4 Å². The highest BCUT2D eigenvalue weighted by atomic mass is 19.1. The van der Waals surface area contributed by atoms with E-state index in [0.717, 1.165) is 25.3 Å². The Morgan fingerprint density at radius 3 is 2.72 bits per heavy atom. The van der Waals surface area contributed by atoms with Crippen LogP contribution in [0.5, 0.6) is 0 Å². The fourth-order valence-corrected chi connectivity index (χ4v) is 4.93. The van der Waals surface area contributed by atoms with Gasteiger partial charge in [0, 0.05) is 31.4 Å². The van der Waals surface area contributed by atoms with Crippen molar-refractivity contribution in [1.82, 2.24) is 9.55 Å². The lowest BCUT2D eigenvalue weighted by molar-refractivity contribution is -0.145. The molecule has 1 saturated heterocycles. The van der Waals surface area contributed by atoms with Gasteiger partial charge in [-0.25, -0.2) is 14.2 Å². The Morgan fingerprint density at radius 2 is 2.06 bits per heavy atom. The lowest BCUT2D eigenvalue weighted by Gasteiger charge is -2.20. The number of pyridine rings is 2. The Hall–Kier alpha value is -3.01. The summed E-state index contributed by atoms with van der Waals surface area (Å²) in [5, 5.41) is 9.34. The van der Waals surface area contributed by atoms with Gasteiger partial charge in [0.1, 0.15) is 11.2 Å². The number of esters is 1. The lowest BCUT2D eigenvalue weighted by atomic mass is 9.97. The smallest absolute Gasteiger partial charge is 0.341 e. The number of aromatic nitrogens is 2. The van der Waals surface area contributed by atoms with Gasteiger partial charge in [-0.1, -0.05) is 0 Å². The highest BCUT2D eigenvalue weighted by Crippen LogP contribution is 2.48. The molecule has 32 heavy (non-hydrogen) atoms. The van der Waals surface area contributed by atoms with Crippen LogP contribution in [0.3, 0.4) is 0 Å². The van der Waals surface area contributed by atoms with Crippen LogP contribution in [0.2, 0.25) is 0 Å². The number of ether oxygens (including phenoxy) is 1. The second-order valence-electron chi connectivity index (χ2n) is 8.97. The fourth-order valence-electron chi connectivity index (χ4n) is 4.93. The maximum atomic E-state index is 15.1. The Labute approximate surface area is 183 Å². The minimum Gasteiger partial charge on any atom is -0.477 e. The number of nitrogens with zero attached hydrogens (tertiary/aromatic N) is 3. The molecule has 2 aromatic rings. The Morgan fingerprint density at radius 1 is 1.31 bits per heavy atom. The van der Waals surface area contributed by atoms with Crippen LogP contribution in [-0.4, -0.2) is 52.3 Å². The van der Waals surface area contributed by atoms with E-state index in [1.807, 2.05) is 0 Å². The van der Waals surface area contributed by atoms with Crippen molar-refractivity contribution in [1.29, 1.82) is 0 Å². The number of anilines is 1. The molecule has 3 N–H and O–H groups in total. The Bertz CT molecular complexity index is 1180. The molecule has 4 atom stereocenters. The van der Waals surface area contributed by atoms with Gasteiger partial charge < -0.3 is 25.0 Å². The molecular weight excluding hydrogens is 419 g/mol. The maximum absolute atomic E-state index is 15.1. The molecule has 0 unspecified atom stereocenters. The minimum atomic E-state index is -1.34. The number of carbonyl (C=O) groups excluding carboxylic acids is 1. The first-order valence-corrected chi connectivity index (χ1v) is 11.0. The van der Waals surface area contributed by atoms with Crippen LogP contribution in [0.25, 0.3) is 11.0 Å². The van der Waals surface area contributed by atoms with Crippen LogP contribution in [0.4, 0.5) is 10.2 Å². The molecule has 1 aliphatic heterocycles. The van der Waals surface area contributed by atoms with E-state index in [1.165, 1.54) is 6.20 Å². The quantitative estimate of drug-likeness (QED) is 0.642. The van der Waals surface area contributed by atoms with E-state index >= 15 is 4.39 Å². The molecule has 3 aliphatic rings. The van der Waals surface area contributed by atoms with E-state index in [4.69, 9.17) is 10.5 Å². The molecule has 0 amide bonds. The van der Waals surface area contributed by atoms with Crippen LogP contribution in [0.1, 0.15) is 42.6 Å². The molecule has 2 saturated carbocycles. The average Bonchev–Trinajstić information content (AvgIpc) is 3.66. The summed E-state index contributed by atoms with van der Waals surface area (Å²) in [6, 6.07) is 0.895. The van der Waals surface area contributed by atoms with Crippen molar-refractivity contribution in [2.45, 2.75) is 38.3 Å². The van der Waals surface area contributed by atoms with Gasteiger partial charge >= 0.3 is 11.9 Å². The van der Waals surface area contributed by atoms with Crippen LogP contribution >= 0.6 is 0 Å². The third-order valence-electron chi connectivity index (χ3n) is 6.80. The van der Waals surface area contributed by atoms with Gasteiger partial charge in [0.15, 0.2) is 11.6 Å². The van der Waals surface area contributed by atoms with Gasteiger partial charge in [-0.2, -0.15) is 0 Å². The van der Waals surface area contributed by atoms with Crippen molar-refractivity contribution in [3.05, 3.63) is 33.9 Å². The number of carboxylic acid groups (broad SMARTS) is 1. The van der Waals surface area contributed by atoms with Crippen molar-refractivity contribution >= 4 is 28.8 Å².